The van der Waals surface area contributed by atoms with Crippen molar-refractivity contribution in [2.24, 2.45) is 0 Å². The minimum absolute atomic E-state index is 0.295. The standard InChI is InChI=1S/C15H21N3O3/c1-11(16-2)10-14-17-15(21-18-14)12-6-4-5-7-13(12)20-9-8-19-3/h4-7,11,16H,8-10H2,1-3H3. The number of nitrogens with zero attached hydrogens (tertiary/aromatic N) is 2. The van der Waals surface area contributed by atoms with E-state index in [4.69, 9.17) is 14.0 Å². The molecular weight excluding hydrogens is 270 g/mol. The van der Waals surface area contributed by atoms with Gasteiger partial charge in [-0.15, -0.1) is 0 Å². The second kappa shape index (κ2) is 7.75. The monoisotopic (exact) mass is 291 g/mol. The predicted octanol–water partition coefficient (Wildman–Crippen LogP) is 1.91. The van der Waals surface area contributed by atoms with Gasteiger partial charge in [-0.25, -0.2) is 0 Å². The van der Waals surface area contributed by atoms with Crippen LogP contribution in [0.15, 0.2) is 28.8 Å². The molecule has 0 fully saturated rings. The molecule has 0 aliphatic rings. The number of rotatable bonds is 8. The summed E-state index contributed by atoms with van der Waals surface area (Å²) >= 11 is 0. The molecule has 1 N–H and O–H groups in total. The van der Waals surface area contributed by atoms with E-state index in [1.807, 2.05) is 31.3 Å². The summed E-state index contributed by atoms with van der Waals surface area (Å²) in [7, 11) is 3.55. The van der Waals surface area contributed by atoms with E-state index in [2.05, 4.69) is 22.4 Å². The Morgan fingerprint density at radius 3 is 2.86 bits per heavy atom. The van der Waals surface area contributed by atoms with Crippen molar-refractivity contribution < 1.29 is 14.0 Å². The zero-order valence-corrected chi connectivity index (χ0v) is 12.6. The molecule has 6 nitrogen and oxygen atoms in total. The second-order valence-corrected chi connectivity index (χ2v) is 4.75. The van der Waals surface area contributed by atoms with Crippen LogP contribution in [-0.4, -0.2) is 43.6 Å². The first-order chi connectivity index (χ1) is 10.2. The summed E-state index contributed by atoms with van der Waals surface area (Å²) < 4.78 is 16.0. The van der Waals surface area contributed by atoms with Crippen molar-refractivity contribution in [1.82, 2.24) is 15.5 Å². The van der Waals surface area contributed by atoms with Crippen LogP contribution in [0.3, 0.4) is 0 Å². The van der Waals surface area contributed by atoms with Gasteiger partial charge in [0.1, 0.15) is 12.4 Å². The third-order valence-electron chi connectivity index (χ3n) is 3.11. The van der Waals surface area contributed by atoms with E-state index in [1.165, 1.54) is 0 Å². The quantitative estimate of drug-likeness (QED) is 0.749. The maximum absolute atomic E-state index is 5.68. The summed E-state index contributed by atoms with van der Waals surface area (Å²) in [6.45, 7) is 3.08. The number of hydrogen-bond acceptors (Lipinski definition) is 6. The highest BCUT2D eigenvalue weighted by molar-refractivity contribution is 5.62. The lowest BCUT2D eigenvalue weighted by Gasteiger charge is -2.08. The first-order valence-electron chi connectivity index (χ1n) is 6.95. The summed E-state index contributed by atoms with van der Waals surface area (Å²) in [6, 6.07) is 7.90. The zero-order valence-electron chi connectivity index (χ0n) is 12.6. The van der Waals surface area contributed by atoms with Gasteiger partial charge in [0.15, 0.2) is 5.82 Å². The molecule has 2 rings (SSSR count). The number of benzene rings is 1. The molecule has 1 atom stereocenters. The van der Waals surface area contributed by atoms with Crippen molar-refractivity contribution in [2.45, 2.75) is 19.4 Å². The van der Waals surface area contributed by atoms with Gasteiger partial charge >= 0.3 is 0 Å². The van der Waals surface area contributed by atoms with E-state index in [9.17, 15) is 0 Å². The molecule has 0 saturated carbocycles. The molecule has 2 aromatic rings. The van der Waals surface area contributed by atoms with Gasteiger partial charge in [0, 0.05) is 19.6 Å². The van der Waals surface area contributed by atoms with Gasteiger partial charge in [-0.2, -0.15) is 4.98 Å². The van der Waals surface area contributed by atoms with Crippen molar-refractivity contribution in [3.05, 3.63) is 30.1 Å². The number of aromatic nitrogens is 2. The minimum atomic E-state index is 0.295. The van der Waals surface area contributed by atoms with E-state index in [-0.39, 0.29) is 0 Å². The number of nitrogens with one attached hydrogen (secondary N) is 1. The summed E-state index contributed by atoms with van der Waals surface area (Å²) in [5.41, 5.74) is 0.796. The normalized spacial score (nSPS) is 12.3. The highest BCUT2D eigenvalue weighted by atomic mass is 16.5. The Balaban J connectivity index is 2.14. The van der Waals surface area contributed by atoms with Crippen molar-refractivity contribution in [2.75, 3.05) is 27.4 Å². The molecule has 0 amide bonds. The van der Waals surface area contributed by atoms with Crippen LogP contribution >= 0.6 is 0 Å². The van der Waals surface area contributed by atoms with Crippen molar-refractivity contribution in [3.63, 3.8) is 0 Å². The molecule has 1 unspecified atom stereocenters. The molecule has 0 saturated heterocycles. The largest absolute Gasteiger partial charge is 0.490 e. The van der Waals surface area contributed by atoms with Gasteiger partial charge in [0.05, 0.1) is 12.2 Å². The third-order valence-corrected chi connectivity index (χ3v) is 3.11. The Bertz CT molecular complexity index is 557. The smallest absolute Gasteiger partial charge is 0.261 e. The molecule has 0 bridgehead atoms. The second-order valence-electron chi connectivity index (χ2n) is 4.75. The van der Waals surface area contributed by atoms with Gasteiger partial charge < -0.3 is 19.3 Å². The summed E-state index contributed by atoms with van der Waals surface area (Å²) in [6.07, 6.45) is 0.715. The van der Waals surface area contributed by atoms with Crippen molar-refractivity contribution in [3.8, 4) is 17.2 Å². The highest BCUT2D eigenvalue weighted by Crippen LogP contribution is 2.28. The van der Waals surface area contributed by atoms with Crippen LogP contribution in [-0.2, 0) is 11.2 Å². The molecule has 1 aromatic carbocycles. The molecular formula is C15H21N3O3. The van der Waals surface area contributed by atoms with Crippen LogP contribution in [0.2, 0.25) is 0 Å². The number of likely N-dealkylation sites (N-methyl/N-ethyl adjacent to an activating group) is 1. The lowest BCUT2D eigenvalue weighted by Crippen LogP contribution is -2.24. The van der Waals surface area contributed by atoms with Crippen molar-refractivity contribution >= 4 is 0 Å². The molecule has 0 radical (unpaired) electrons. The molecule has 114 valence electrons. The fourth-order valence-corrected chi connectivity index (χ4v) is 1.83. The maximum Gasteiger partial charge on any atom is 0.261 e. The van der Waals surface area contributed by atoms with E-state index >= 15 is 0 Å². The number of para-hydroxylation sites is 1. The van der Waals surface area contributed by atoms with Crippen molar-refractivity contribution in [1.29, 1.82) is 0 Å². The fourth-order valence-electron chi connectivity index (χ4n) is 1.83. The Labute approximate surface area is 124 Å². The molecule has 0 aliphatic carbocycles. The SMILES string of the molecule is CNC(C)Cc1noc(-c2ccccc2OCCOC)n1. The maximum atomic E-state index is 5.68. The number of methoxy groups -OCH3 is 1. The Kier molecular flexibility index (Phi) is 5.71. The Morgan fingerprint density at radius 1 is 1.29 bits per heavy atom. The van der Waals surface area contributed by atoms with Crippen LogP contribution in [0.1, 0.15) is 12.7 Å². The van der Waals surface area contributed by atoms with Gasteiger partial charge in [0.25, 0.3) is 5.89 Å². The summed E-state index contributed by atoms with van der Waals surface area (Å²) in [5.74, 6) is 1.87. The van der Waals surface area contributed by atoms with Crippen LogP contribution in [0.25, 0.3) is 11.5 Å². The molecule has 0 aliphatic heterocycles. The average molecular weight is 291 g/mol. The van der Waals surface area contributed by atoms with Gasteiger partial charge in [-0.1, -0.05) is 17.3 Å². The lowest BCUT2D eigenvalue weighted by atomic mass is 10.2. The van der Waals surface area contributed by atoms with E-state index in [1.54, 1.807) is 7.11 Å². The van der Waals surface area contributed by atoms with Crippen LogP contribution in [0.4, 0.5) is 0 Å². The Hall–Kier alpha value is -1.92. The number of ether oxygens (including phenoxy) is 2. The van der Waals surface area contributed by atoms with E-state index < -0.39 is 0 Å². The van der Waals surface area contributed by atoms with Crippen LogP contribution in [0.5, 0.6) is 5.75 Å². The molecule has 0 spiro atoms. The predicted molar refractivity (Wildman–Crippen MR) is 79.3 cm³/mol. The Morgan fingerprint density at radius 2 is 2.10 bits per heavy atom. The first-order valence-corrected chi connectivity index (χ1v) is 6.95. The lowest BCUT2D eigenvalue weighted by molar-refractivity contribution is 0.146. The summed E-state index contributed by atoms with van der Waals surface area (Å²) in [4.78, 5) is 4.43. The summed E-state index contributed by atoms with van der Waals surface area (Å²) in [5, 5.41) is 7.16. The molecule has 1 aromatic heterocycles. The minimum Gasteiger partial charge on any atom is -0.490 e. The van der Waals surface area contributed by atoms with Gasteiger partial charge in [-0.3, -0.25) is 0 Å². The van der Waals surface area contributed by atoms with Crippen LogP contribution in [0, 0.1) is 0 Å². The fraction of sp³-hybridized carbons (Fsp3) is 0.467. The topological polar surface area (TPSA) is 69.4 Å². The van der Waals surface area contributed by atoms with E-state index in [0.717, 1.165) is 5.56 Å². The average Bonchev–Trinajstić information content (AvgIpc) is 2.96. The highest BCUT2D eigenvalue weighted by Gasteiger charge is 2.14. The molecule has 6 heteroatoms. The van der Waals surface area contributed by atoms with Gasteiger partial charge in [0.2, 0.25) is 0 Å². The van der Waals surface area contributed by atoms with E-state index in [0.29, 0.717) is 43.1 Å². The third kappa shape index (κ3) is 4.27. The van der Waals surface area contributed by atoms with Gasteiger partial charge in [-0.05, 0) is 26.1 Å². The zero-order chi connectivity index (χ0) is 15.1. The first kappa shape index (κ1) is 15.5. The molecule has 21 heavy (non-hydrogen) atoms. The van der Waals surface area contributed by atoms with Crippen LogP contribution < -0.4 is 10.1 Å². The number of hydrogen-bond donors (Lipinski definition) is 1. The molecule has 1 heterocycles.